The van der Waals surface area contributed by atoms with Crippen LogP contribution in [0, 0.1) is 0 Å². The molecule has 0 spiro atoms. The number of hydrogen-bond donors (Lipinski definition) is 1. The van der Waals surface area contributed by atoms with Gasteiger partial charge in [0, 0.05) is 6.42 Å². The van der Waals surface area contributed by atoms with Gasteiger partial charge in [0.1, 0.15) is 6.10 Å². The van der Waals surface area contributed by atoms with Gasteiger partial charge in [-0.15, -0.1) is 0 Å². The van der Waals surface area contributed by atoms with Crippen LogP contribution in [0.25, 0.3) is 21.5 Å². The third-order valence-corrected chi connectivity index (χ3v) is 4.67. The van der Waals surface area contributed by atoms with Gasteiger partial charge in [-0.3, -0.25) is 4.79 Å². The molecule has 2 heteroatoms. The van der Waals surface area contributed by atoms with Crippen LogP contribution >= 0.6 is 0 Å². The second-order valence-electron chi connectivity index (χ2n) is 6.25. The van der Waals surface area contributed by atoms with Gasteiger partial charge in [0.25, 0.3) is 0 Å². The van der Waals surface area contributed by atoms with Gasteiger partial charge in [0.05, 0.1) is 0 Å². The van der Waals surface area contributed by atoms with E-state index in [0.717, 1.165) is 27.1 Å². The summed E-state index contributed by atoms with van der Waals surface area (Å²) in [6.07, 6.45) is -0.906. The van der Waals surface area contributed by atoms with Gasteiger partial charge >= 0.3 is 0 Å². The largest absolute Gasteiger partial charge is 0.381 e. The normalized spacial score (nSPS) is 12.4. The summed E-state index contributed by atoms with van der Waals surface area (Å²) < 4.78 is 0. The number of carbonyl (C=O) groups is 1. The highest BCUT2D eigenvalue weighted by molar-refractivity contribution is 5.96. The molecule has 25 heavy (non-hydrogen) atoms. The minimum absolute atomic E-state index is 0.187. The molecule has 0 heterocycles. The Labute approximate surface area is 146 Å². The molecule has 4 aromatic carbocycles. The fourth-order valence-electron chi connectivity index (χ4n) is 3.39. The zero-order valence-electron chi connectivity index (χ0n) is 13.7. The van der Waals surface area contributed by atoms with Crippen LogP contribution in [0.15, 0.2) is 84.9 Å². The van der Waals surface area contributed by atoms with E-state index < -0.39 is 6.10 Å². The summed E-state index contributed by atoms with van der Waals surface area (Å²) in [5.41, 5.74) is 1.62. The van der Waals surface area contributed by atoms with Crippen LogP contribution < -0.4 is 0 Å². The van der Waals surface area contributed by atoms with E-state index in [1.54, 1.807) is 0 Å². The van der Waals surface area contributed by atoms with Crippen molar-refractivity contribution in [1.29, 1.82) is 0 Å². The Morgan fingerprint density at radius 2 is 1.28 bits per heavy atom. The molecule has 4 aromatic rings. The molecule has 0 aliphatic carbocycles. The third-order valence-electron chi connectivity index (χ3n) is 4.67. The highest BCUT2D eigenvalue weighted by atomic mass is 16.3. The van der Waals surface area contributed by atoms with Gasteiger partial charge < -0.3 is 5.11 Å². The van der Waals surface area contributed by atoms with E-state index in [2.05, 4.69) is 0 Å². The molecule has 0 radical (unpaired) electrons. The number of ketones is 1. The third kappa shape index (κ3) is 2.92. The first kappa shape index (κ1) is 15.6. The molecule has 0 fully saturated rings. The smallest absolute Gasteiger partial charge is 0.170 e. The average molecular weight is 326 g/mol. The zero-order chi connectivity index (χ0) is 17.2. The summed E-state index contributed by atoms with van der Waals surface area (Å²) in [7, 11) is 0. The lowest BCUT2D eigenvalue weighted by molar-refractivity contribution is -0.126. The molecule has 0 aliphatic rings. The molecule has 1 unspecified atom stereocenters. The molecule has 0 amide bonds. The quantitative estimate of drug-likeness (QED) is 0.583. The summed E-state index contributed by atoms with van der Waals surface area (Å²) in [6, 6.07) is 27.4. The maximum absolute atomic E-state index is 12.8. The Balaban J connectivity index is 1.68. The van der Waals surface area contributed by atoms with Crippen molar-refractivity contribution in [2.75, 3.05) is 0 Å². The number of hydrogen-bond acceptors (Lipinski definition) is 2. The Morgan fingerprint density at radius 3 is 2.04 bits per heavy atom. The number of aliphatic hydroxyl groups is 1. The van der Waals surface area contributed by atoms with Gasteiger partial charge in [-0.25, -0.2) is 0 Å². The minimum atomic E-state index is -1.12. The average Bonchev–Trinajstić information content (AvgIpc) is 2.67. The van der Waals surface area contributed by atoms with Crippen LogP contribution in [0.3, 0.4) is 0 Å². The first-order valence-corrected chi connectivity index (χ1v) is 8.39. The van der Waals surface area contributed by atoms with Crippen LogP contribution in [0.4, 0.5) is 0 Å². The maximum Gasteiger partial charge on any atom is 0.170 e. The molecule has 4 rings (SSSR count). The molecule has 0 saturated heterocycles. The SMILES string of the molecule is O=C(Cc1cccc2ccccc12)C(O)c1cccc2ccccc12. The standard InChI is InChI=1S/C23H18O2/c24-22(15-18-11-5-9-16-7-1-3-12-19(16)18)23(25)21-14-6-10-17-8-2-4-13-20(17)21/h1-14,23,25H,15H2. The van der Waals surface area contributed by atoms with Crippen molar-refractivity contribution in [3.8, 4) is 0 Å². The van der Waals surface area contributed by atoms with Gasteiger partial charge in [0.2, 0.25) is 0 Å². The molecule has 0 aliphatic heterocycles. The van der Waals surface area contributed by atoms with E-state index in [1.807, 2.05) is 84.9 Å². The molecule has 1 atom stereocenters. The van der Waals surface area contributed by atoms with Crippen LogP contribution in [0.2, 0.25) is 0 Å². The Kier molecular flexibility index (Phi) is 4.04. The highest BCUT2D eigenvalue weighted by Crippen LogP contribution is 2.27. The number of fused-ring (bicyclic) bond motifs is 2. The molecule has 0 aromatic heterocycles. The van der Waals surface area contributed by atoms with E-state index in [1.165, 1.54) is 0 Å². The molecule has 122 valence electrons. The second-order valence-corrected chi connectivity index (χ2v) is 6.25. The van der Waals surface area contributed by atoms with Crippen LogP contribution in [0.5, 0.6) is 0 Å². The minimum Gasteiger partial charge on any atom is -0.381 e. The first-order chi connectivity index (χ1) is 12.2. The summed E-state index contributed by atoms with van der Waals surface area (Å²) in [6.45, 7) is 0. The maximum atomic E-state index is 12.8. The Hall–Kier alpha value is -2.97. The van der Waals surface area contributed by atoms with Crippen molar-refractivity contribution in [2.45, 2.75) is 12.5 Å². The van der Waals surface area contributed by atoms with Crippen molar-refractivity contribution >= 4 is 27.3 Å². The van der Waals surface area contributed by atoms with Gasteiger partial charge in [-0.1, -0.05) is 84.9 Å². The lowest BCUT2D eigenvalue weighted by Crippen LogP contribution is -2.15. The van der Waals surface area contributed by atoms with Crippen molar-refractivity contribution < 1.29 is 9.90 Å². The molecule has 2 nitrogen and oxygen atoms in total. The van der Waals surface area contributed by atoms with E-state index in [9.17, 15) is 9.90 Å². The lowest BCUT2D eigenvalue weighted by atomic mass is 9.93. The summed E-state index contributed by atoms with van der Waals surface area (Å²) in [5.74, 6) is -0.187. The van der Waals surface area contributed by atoms with Gasteiger partial charge in [-0.05, 0) is 32.7 Å². The summed E-state index contributed by atoms with van der Waals surface area (Å²) in [4.78, 5) is 12.8. The topological polar surface area (TPSA) is 37.3 Å². The van der Waals surface area contributed by atoms with Crippen LogP contribution in [0.1, 0.15) is 17.2 Å². The number of Topliss-reactive ketones (excluding diaryl/α,β-unsaturated/α-hetero) is 1. The van der Waals surface area contributed by atoms with Crippen molar-refractivity contribution in [2.24, 2.45) is 0 Å². The van der Waals surface area contributed by atoms with E-state index in [0.29, 0.717) is 5.56 Å². The van der Waals surface area contributed by atoms with Crippen LogP contribution in [-0.2, 0) is 11.2 Å². The first-order valence-electron chi connectivity index (χ1n) is 8.39. The predicted molar refractivity (Wildman–Crippen MR) is 102 cm³/mol. The highest BCUT2D eigenvalue weighted by Gasteiger charge is 2.20. The summed E-state index contributed by atoms with van der Waals surface area (Å²) in [5, 5.41) is 14.8. The van der Waals surface area contributed by atoms with Crippen molar-refractivity contribution in [3.63, 3.8) is 0 Å². The number of aliphatic hydroxyl groups excluding tert-OH is 1. The monoisotopic (exact) mass is 326 g/mol. The second kappa shape index (κ2) is 6.50. The van der Waals surface area contributed by atoms with E-state index >= 15 is 0 Å². The molecule has 1 N–H and O–H groups in total. The van der Waals surface area contributed by atoms with Crippen LogP contribution in [-0.4, -0.2) is 10.9 Å². The molecular weight excluding hydrogens is 308 g/mol. The number of benzene rings is 4. The predicted octanol–water partition coefficient (Wildman–Crippen LogP) is 4.84. The van der Waals surface area contributed by atoms with Gasteiger partial charge in [0.15, 0.2) is 5.78 Å². The van der Waals surface area contributed by atoms with Gasteiger partial charge in [-0.2, -0.15) is 0 Å². The Morgan fingerprint density at radius 1 is 0.720 bits per heavy atom. The summed E-state index contributed by atoms with van der Waals surface area (Å²) >= 11 is 0. The zero-order valence-corrected chi connectivity index (χ0v) is 13.7. The molecule has 0 bridgehead atoms. The van der Waals surface area contributed by atoms with E-state index in [4.69, 9.17) is 0 Å². The lowest BCUT2D eigenvalue weighted by Gasteiger charge is -2.14. The fraction of sp³-hybridized carbons (Fsp3) is 0.0870. The van der Waals surface area contributed by atoms with Crippen molar-refractivity contribution in [3.05, 3.63) is 96.1 Å². The molecular formula is C23H18O2. The molecule has 0 saturated carbocycles. The number of rotatable bonds is 4. The Bertz CT molecular complexity index is 1060. The fourth-order valence-corrected chi connectivity index (χ4v) is 3.39. The van der Waals surface area contributed by atoms with E-state index in [-0.39, 0.29) is 12.2 Å². The van der Waals surface area contributed by atoms with Crippen molar-refractivity contribution in [1.82, 2.24) is 0 Å². The number of carbonyl (C=O) groups excluding carboxylic acids is 1.